The van der Waals surface area contributed by atoms with Crippen LogP contribution in [0.15, 0.2) is 27.4 Å². The molecular weight excluding hydrogens is 314 g/mol. The van der Waals surface area contributed by atoms with Gasteiger partial charge in [0.15, 0.2) is 0 Å². The van der Waals surface area contributed by atoms with E-state index in [9.17, 15) is 4.79 Å². The Bertz CT molecular complexity index is 883. The molecule has 0 spiro atoms. The highest BCUT2D eigenvalue weighted by atomic mass is 16.5. The Kier molecular flexibility index (Phi) is 3.82. The second-order valence-corrected chi connectivity index (χ2v) is 8.45. The summed E-state index contributed by atoms with van der Waals surface area (Å²) in [7, 11) is 2.17. The van der Waals surface area contributed by atoms with Gasteiger partial charge in [-0.05, 0) is 56.1 Å². The quantitative estimate of drug-likeness (QED) is 0.799. The van der Waals surface area contributed by atoms with Gasteiger partial charge in [-0.15, -0.1) is 0 Å². The van der Waals surface area contributed by atoms with Crippen LogP contribution >= 0.6 is 0 Å². The van der Waals surface area contributed by atoms with Crippen molar-refractivity contribution in [3.63, 3.8) is 0 Å². The standard InChI is InChI=1S/C21H27NO3/c1-12-8-16-14(10-18(23)25-17(16)9-13(12)2)11-22(5)19-15-6-7-24-20(15)21(19,3)4/h8-10,15,19-20H,6-7,11H2,1-5H3/t15-,19-,20+/m1/s1. The number of benzene rings is 1. The van der Waals surface area contributed by atoms with Crippen LogP contribution in [0.2, 0.25) is 0 Å². The molecule has 0 N–H and O–H groups in total. The molecule has 2 aromatic rings. The molecule has 1 aliphatic heterocycles. The molecule has 4 nitrogen and oxygen atoms in total. The zero-order valence-corrected chi connectivity index (χ0v) is 15.8. The van der Waals surface area contributed by atoms with Crippen molar-refractivity contribution in [2.45, 2.75) is 52.8 Å². The van der Waals surface area contributed by atoms with Crippen LogP contribution in [0.4, 0.5) is 0 Å². The van der Waals surface area contributed by atoms with Crippen molar-refractivity contribution in [2.24, 2.45) is 11.3 Å². The third-order valence-corrected chi connectivity index (χ3v) is 6.38. The Labute approximate surface area is 148 Å². The Morgan fingerprint density at radius 2 is 1.92 bits per heavy atom. The van der Waals surface area contributed by atoms with E-state index < -0.39 is 0 Å². The molecule has 25 heavy (non-hydrogen) atoms. The number of fused-ring (bicyclic) bond motifs is 2. The molecule has 2 fully saturated rings. The lowest BCUT2D eigenvalue weighted by molar-refractivity contribution is -0.151. The molecule has 1 aromatic heterocycles. The second kappa shape index (κ2) is 5.68. The van der Waals surface area contributed by atoms with E-state index in [2.05, 4.69) is 38.8 Å². The summed E-state index contributed by atoms with van der Waals surface area (Å²) in [6.45, 7) is 10.4. The van der Waals surface area contributed by atoms with Gasteiger partial charge >= 0.3 is 5.63 Å². The molecule has 2 heterocycles. The first kappa shape index (κ1) is 16.8. The van der Waals surface area contributed by atoms with Gasteiger partial charge in [-0.25, -0.2) is 4.79 Å². The average Bonchev–Trinajstić information content (AvgIpc) is 2.95. The van der Waals surface area contributed by atoms with E-state index in [1.54, 1.807) is 6.07 Å². The SMILES string of the molecule is Cc1cc2oc(=O)cc(CN(C)[C@@H]3[C@H]4CCO[C@@H]4C3(C)C)c2cc1C. The number of rotatable bonds is 3. The summed E-state index contributed by atoms with van der Waals surface area (Å²) in [4.78, 5) is 14.4. The second-order valence-electron chi connectivity index (χ2n) is 8.45. The molecule has 0 unspecified atom stereocenters. The maximum atomic E-state index is 12.0. The van der Waals surface area contributed by atoms with Gasteiger partial charge < -0.3 is 9.15 Å². The van der Waals surface area contributed by atoms with Crippen molar-refractivity contribution in [1.29, 1.82) is 0 Å². The van der Waals surface area contributed by atoms with Crippen molar-refractivity contribution in [3.8, 4) is 0 Å². The maximum absolute atomic E-state index is 12.0. The third-order valence-electron chi connectivity index (χ3n) is 6.38. The minimum absolute atomic E-state index is 0.150. The zero-order chi connectivity index (χ0) is 17.9. The van der Waals surface area contributed by atoms with Crippen LogP contribution in [-0.4, -0.2) is 30.7 Å². The van der Waals surface area contributed by atoms with E-state index in [-0.39, 0.29) is 11.0 Å². The van der Waals surface area contributed by atoms with Crippen molar-refractivity contribution in [1.82, 2.24) is 4.90 Å². The molecule has 0 radical (unpaired) electrons. The number of hydrogen-bond donors (Lipinski definition) is 0. The highest BCUT2D eigenvalue weighted by Gasteiger charge is 2.60. The topological polar surface area (TPSA) is 42.7 Å². The molecule has 1 aliphatic carbocycles. The monoisotopic (exact) mass is 341 g/mol. The average molecular weight is 341 g/mol. The van der Waals surface area contributed by atoms with Gasteiger partial charge in [0.05, 0.1) is 6.10 Å². The van der Waals surface area contributed by atoms with Crippen LogP contribution < -0.4 is 5.63 Å². The Morgan fingerprint density at radius 3 is 2.68 bits per heavy atom. The molecule has 1 aromatic carbocycles. The van der Waals surface area contributed by atoms with Gasteiger partial charge in [0.1, 0.15) is 5.58 Å². The molecule has 0 amide bonds. The van der Waals surface area contributed by atoms with Crippen LogP contribution in [-0.2, 0) is 11.3 Å². The molecule has 3 atom stereocenters. The van der Waals surface area contributed by atoms with Crippen LogP contribution in [0.1, 0.15) is 37.0 Å². The van der Waals surface area contributed by atoms with Gasteiger partial charge in [0.25, 0.3) is 0 Å². The fraction of sp³-hybridized carbons (Fsp3) is 0.571. The molecule has 2 aliphatic rings. The number of hydrogen-bond acceptors (Lipinski definition) is 4. The summed E-state index contributed by atoms with van der Waals surface area (Å²) in [6, 6.07) is 6.25. The Hall–Kier alpha value is -1.65. The summed E-state index contributed by atoms with van der Waals surface area (Å²) < 4.78 is 11.4. The Balaban J connectivity index is 1.69. The minimum atomic E-state index is -0.269. The number of ether oxygens (including phenoxy) is 1. The van der Waals surface area contributed by atoms with E-state index in [4.69, 9.17) is 9.15 Å². The summed E-state index contributed by atoms with van der Waals surface area (Å²) in [6.07, 6.45) is 1.52. The van der Waals surface area contributed by atoms with Crippen molar-refractivity contribution < 1.29 is 9.15 Å². The van der Waals surface area contributed by atoms with E-state index >= 15 is 0 Å². The van der Waals surface area contributed by atoms with Gasteiger partial charge in [0, 0.05) is 42.0 Å². The van der Waals surface area contributed by atoms with E-state index in [0.29, 0.717) is 23.6 Å². The molecule has 4 heteroatoms. The molecule has 1 saturated heterocycles. The van der Waals surface area contributed by atoms with Gasteiger partial charge in [-0.1, -0.05) is 13.8 Å². The van der Waals surface area contributed by atoms with E-state index in [1.807, 2.05) is 13.0 Å². The largest absolute Gasteiger partial charge is 0.423 e. The predicted octanol–water partition coefficient (Wildman–Crippen LogP) is 3.66. The fourth-order valence-electron chi connectivity index (χ4n) is 5.17. The molecule has 1 saturated carbocycles. The maximum Gasteiger partial charge on any atom is 0.336 e. The summed E-state index contributed by atoms with van der Waals surface area (Å²) in [5.74, 6) is 0.607. The smallest absolute Gasteiger partial charge is 0.336 e. The lowest BCUT2D eigenvalue weighted by atomic mass is 9.57. The highest BCUT2D eigenvalue weighted by Crippen LogP contribution is 2.54. The third kappa shape index (κ3) is 2.54. The summed E-state index contributed by atoms with van der Waals surface area (Å²) in [5.41, 5.74) is 3.99. The highest BCUT2D eigenvalue weighted by molar-refractivity contribution is 5.81. The van der Waals surface area contributed by atoms with Crippen molar-refractivity contribution >= 4 is 11.0 Å². The number of nitrogens with zero attached hydrogens (tertiary/aromatic N) is 1. The Morgan fingerprint density at radius 1 is 1.20 bits per heavy atom. The van der Waals surface area contributed by atoms with Crippen molar-refractivity contribution in [3.05, 3.63) is 45.3 Å². The van der Waals surface area contributed by atoms with Crippen LogP contribution in [0.25, 0.3) is 11.0 Å². The first-order valence-electron chi connectivity index (χ1n) is 9.15. The normalized spacial score (nSPS) is 27.5. The van der Waals surface area contributed by atoms with Crippen LogP contribution in [0.3, 0.4) is 0 Å². The lowest BCUT2D eigenvalue weighted by Crippen LogP contribution is -2.65. The first-order chi connectivity index (χ1) is 11.8. The molecular formula is C21H27NO3. The van der Waals surface area contributed by atoms with Gasteiger partial charge in [-0.3, -0.25) is 4.90 Å². The predicted molar refractivity (Wildman–Crippen MR) is 98.8 cm³/mol. The van der Waals surface area contributed by atoms with Gasteiger partial charge in [-0.2, -0.15) is 0 Å². The zero-order valence-electron chi connectivity index (χ0n) is 15.8. The van der Waals surface area contributed by atoms with Crippen molar-refractivity contribution in [2.75, 3.05) is 13.7 Å². The molecule has 4 rings (SSSR count). The summed E-state index contributed by atoms with van der Waals surface area (Å²) >= 11 is 0. The van der Waals surface area contributed by atoms with Crippen LogP contribution in [0.5, 0.6) is 0 Å². The lowest BCUT2D eigenvalue weighted by Gasteiger charge is -2.58. The fourth-order valence-corrected chi connectivity index (χ4v) is 5.17. The molecule has 134 valence electrons. The van der Waals surface area contributed by atoms with Gasteiger partial charge in [0.2, 0.25) is 0 Å². The molecule has 0 bridgehead atoms. The summed E-state index contributed by atoms with van der Waals surface area (Å²) in [5, 5.41) is 1.05. The van der Waals surface area contributed by atoms with E-state index in [1.165, 1.54) is 5.56 Å². The van der Waals surface area contributed by atoms with Crippen LogP contribution in [0, 0.1) is 25.2 Å². The number of aryl methyl sites for hydroxylation is 2. The first-order valence-corrected chi connectivity index (χ1v) is 9.15. The van der Waals surface area contributed by atoms with E-state index in [0.717, 1.165) is 36.1 Å². The minimum Gasteiger partial charge on any atom is -0.423 e.